The number of aliphatic carboxylic acids is 1. The molecule has 4 nitrogen and oxygen atoms in total. The standard InChI is InChI=1S/C26H40ClNO2.H3N/c1-3-19(4-2)17-28(18-20-7-5-6-8-20)25-14-9-21(16-26(29)30)15-24(25)22-10-12-23(27)13-11-22;/h10-13,19-21,24-25H,3-9,14-18H2,1-2H3,(H,29,30);1H3/t21-,24+,25-;/m1./s1. The number of nitrogens with zero attached hydrogens (tertiary/aromatic N) is 1. The van der Waals surface area contributed by atoms with Crippen LogP contribution >= 0.6 is 11.6 Å². The van der Waals surface area contributed by atoms with Crippen LogP contribution in [0.4, 0.5) is 0 Å². The lowest BCUT2D eigenvalue weighted by Crippen LogP contribution is -2.47. The summed E-state index contributed by atoms with van der Waals surface area (Å²) in [5, 5.41) is 12.0. The lowest BCUT2D eigenvalue weighted by Gasteiger charge is -2.45. The fourth-order valence-corrected chi connectivity index (χ4v) is 6.04. The molecule has 0 heterocycles. The molecular formula is C26H43ClN2O2. The van der Waals surface area contributed by atoms with E-state index in [4.69, 9.17) is 11.6 Å². The quantitative estimate of drug-likeness (QED) is 0.472. The Bertz CT molecular complexity index is 652. The van der Waals surface area contributed by atoms with Gasteiger partial charge in [-0.05, 0) is 79.9 Å². The summed E-state index contributed by atoms with van der Waals surface area (Å²) in [5.41, 5.74) is 1.31. The lowest BCUT2D eigenvalue weighted by atomic mass is 9.72. The molecule has 2 saturated carbocycles. The Kier molecular flexibility index (Phi) is 10.8. The zero-order chi connectivity index (χ0) is 21.5. The average molecular weight is 451 g/mol. The van der Waals surface area contributed by atoms with Crippen LogP contribution in [0.1, 0.15) is 89.5 Å². The van der Waals surface area contributed by atoms with E-state index in [1.165, 1.54) is 57.2 Å². The van der Waals surface area contributed by atoms with Crippen molar-refractivity contribution in [3.05, 3.63) is 34.9 Å². The summed E-state index contributed by atoms with van der Waals surface area (Å²) < 4.78 is 0. The van der Waals surface area contributed by atoms with E-state index in [0.29, 0.717) is 12.0 Å². The smallest absolute Gasteiger partial charge is 0.0417 e. The minimum atomic E-state index is -0.909. The van der Waals surface area contributed by atoms with E-state index >= 15 is 0 Å². The molecule has 4 N–H and O–H groups in total. The average Bonchev–Trinajstić information content (AvgIpc) is 3.24. The third-order valence-corrected chi connectivity index (χ3v) is 8.01. The van der Waals surface area contributed by atoms with Crippen LogP contribution in [0.5, 0.6) is 0 Å². The molecule has 0 spiro atoms. The maximum absolute atomic E-state index is 11.3. The van der Waals surface area contributed by atoms with Gasteiger partial charge in [0.1, 0.15) is 0 Å². The number of hydrogen-bond donors (Lipinski definition) is 1. The second-order valence-corrected chi connectivity index (χ2v) is 10.2. The van der Waals surface area contributed by atoms with Crippen LogP contribution in [-0.2, 0) is 4.79 Å². The number of carboxylic acids is 1. The molecule has 1 aromatic carbocycles. The van der Waals surface area contributed by atoms with Crippen LogP contribution < -0.4 is 11.3 Å². The van der Waals surface area contributed by atoms with Crippen molar-refractivity contribution in [3.8, 4) is 0 Å². The van der Waals surface area contributed by atoms with Crippen LogP contribution in [0.3, 0.4) is 0 Å². The summed E-state index contributed by atoms with van der Waals surface area (Å²) in [6.07, 6.45) is 11.1. The van der Waals surface area contributed by atoms with Crippen LogP contribution in [0.25, 0.3) is 0 Å². The van der Waals surface area contributed by atoms with Crippen molar-refractivity contribution < 1.29 is 9.90 Å². The molecular weight excluding hydrogens is 408 g/mol. The number of hydrogen-bond acceptors (Lipinski definition) is 3. The van der Waals surface area contributed by atoms with Crippen molar-refractivity contribution in [3.63, 3.8) is 0 Å². The number of carbonyl (C=O) groups excluding carboxylic acids is 1. The van der Waals surface area contributed by atoms with Crippen molar-refractivity contribution in [2.45, 2.75) is 90.0 Å². The Hall–Kier alpha value is -1.10. The van der Waals surface area contributed by atoms with E-state index in [2.05, 4.69) is 30.9 Å². The first kappa shape index (κ1) is 26.2. The third-order valence-electron chi connectivity index (χ3n) is 7.76. The minimum absolute atomic E-state index is 0. The molecule has 2 aliphatic rings. The highest BCUT2D eigenvalue weighted by atomic mass is 35.5. The Morgan fingerprint density at radius 1 is 1.06 bits per heavy atom. The first-order valence-electron chi connectivity index (χ1n) is 12.2. The zero-order valence-corrected chi connectivity index (χ0v) is 20.6. The van der Waals surface area contributed by atoms with E-state index in [0.717, 1.165) is 36.1 Å². The van der Waals surface area contributed by atoms with Gasteiger partial charge in [0, 0.05) is 30.1 Å². The van der Waals surface area contributed by atoms with Gasteiger partial charge in [-0.25, -0.2) is 0 Å². The normalized spacial score (nSPS) is 24.5. The Labute approximate surface area is 194 Å². The summed E-state index contributed by atoms with van der Waals surface area (Å²) in [5.74, 6) is 1.24. The molecule has 0 aliphatic heterocycles. The van der Waals surface area contributed by atoms with Gasteiger partial charge in [-0.2, -0.15) is 0 Å². The van der Waals surface area contributed by atoms with Gasteiger partial charge in [-0.3, -0.25) is 4.90 Å². The van der Waals surface area contributed by atoms with Gasteiger partial charge in [0.25, 0.3) is 0 Å². The molecule has 3 rings (SSSR count). The fourth-order valence-electron chi connectivity index (χ4n) is 5.92. The molecule has 0 unspecified atom stereocenters. The van der Waals surface area contributed by atoms with Crippen LogP contribution in [0.15, 0.2) is 24.3 Å². The van der Waals surface area contributed by atoms with Crippen LogP contribution in [0.2, 0.25) is 5.02 Å². The van der Waals surface area contributed by atoms with Crippen molar-refractivity contribution in [2.75, 3.05) is 13.1 Å². The van der Waals surface area contributed by atoms with Crippen molar-refractivity contribution >= 4 is 17.6 Å². The van der Waals surface area contributed by atoms with Gasteiger partial charge < -0.3 is 16.1 Å². The second kappa shape index (κ2) is 12.8. The molecule has 3 atom stereocenters. The molecule has 176 valence electrons. The van der Waals surface area contributed by atoms with Crippen LogP contribution in [-0.4, -0.2) is 30.0 Å². The van der Waals surface area contributed by atoms with Gasteiger partial charge in [0.2, 0.25) is 0 Å². The predicted octanol–water partition coefficient (Wildman–Crippen LogP) is 6.04. The van der Waals surface area contributed by atoms with E-state index < -0.39 is 5.97 Å². The Morgan fingerprint density at radius 2 is 1.71 bits per heavy atom. The molecule has 0 saturated heterocycles. The molecule has 2 aliphatic carbocycles. The topological polar surface area (TPSA) is 79.9 Å². The SMILES string of the molecule is CCC(CC)CN(CC1CCCC1)[C@@H]1CC[C@@H](CC(=O)[O-])C[C@H]1c1ccc(Cl)cc1.[NH4+]. The Balaban J connectivity index is 0.00000341. The van der Waals surface area contributed by atoms with Crippen molar-refractivity contribution in [1.29, 1.82) is 0 Å². The molecule has 0 amide bonds. The first-order chi connectivity index (χ1) is 14.5. The summed E-state index contributed by atoms with van der Waals surface area (Å²) in [6, 6.07) is 8.78. The molecule has 2 fully saturated rings. The van der Waals surface area contributed by atoms with Gasteiger partial charge in [0.05, 0.1) is 0 Å². The largest absolute Gasteiger partial charge is 0.550 e. The minimum Gasteiger partial charge on any atom is -0.550 e. The first-order valence-corrected chi connectivity index (χ1v) is 12.6. The molecule has 1 aromatic rings. The number of halogens is 1. The second-order valence-electron chi connectivity index (χ2n) is 9.77. The number of benzene rings is 1. The number of rotatable bonds is 10. The van der Waals surface area contributed by atoms with Crippen LogP contribution in [0, 0.1) is 17.8 Å². The number of carboxylic acid groups (broad SMARTS) is 1. The lowest BCUT2D eigenvalue weighted by molar-refractivity contribution is -0.307. The zero-order valence-electron chi connectivity index (χ0n) is 19.8. The number of carbonyl (C=O) groups is 1. The van der Waals surface area contributed by atoms with Crippen molar-refractivity contribution in [1.82, 2.24) is 11.1 Å². The van der Waals surface area contributed by atoms with E-state index in [9.17, 15) is 9.90 Å². The van der Waals surface area contributed by atoms with E-state index in [1.807, 2.05) is 12.1 Å². The monoisotopic (exact) mass is 450 g/mol. The molecule has 0 radical (unpaired) electrons. The highest BCUT2D eigenvalue weighted by molar-refractivity contribution is 6.30. The maximum Gasteiger partial charge on any atom is 0.0417 e. The van der Waals surface area contributed by atoms with Gasteiger partial charge >= 0.3 is 0 Å². The van der Waals surface area contributed by atoms with E-state index in [1.54, 1.807) is 0 Å². The third kappa shape index (κ3) is 7.47. The molecule has 5 heteroatoms. The predicted molar refractivity (Wildman–Crippen MR) is 129 cm³/mol. The van der Waals surface area contributed by atoms with E-state index in [-0.39, 0.29) is 18.5 Å². The maximum atomic E-state index is 11.3. The highest BCUT2D eigenvalue weighted by Crippen LogP contribution is 2.42. The summed E-state index contributed by atoms with van der Waals surface area (Å²) in [4.78, 5) is 14.1. The number of quaternary nitrogens is 1. The highest BCUT2D eigenvalue weighted by Gasteiger charge is 2.36. The summed E-state index contributed by atoms with van der Waals surface area (Å²) in [6.45, 7) is 7.00. The van der Waals surface area contributed by atoms with Crippen molar-refractivity contribution in [2.24, 2.45) is 17.8 Å². The molecule has 0 aromatic heterocycles. The van der Waals surface area contributed by atoms with Gasteiger partial charge in [0.15, 0.2) is 0 Å². The van der Waals surface area contributed by atoms with Gasteiger partial charge in [-0.15, -0.1) is 0 Å². The molecule has 0 bridgehead atoms. The summed E-state index contributed by atoms with van der Waals surface area (Å²) in [7, 11) is 0. The van der Waals surface area contributed by atoms with Gasteiger partial charge in [-0.1, -0.05) is 63.3 Å². The fraction of sp³-hybridized carbons (Fsp3) is 0.731. The molecule has 31 heavy (non-hydrogen) atoms. The summed E-state index contributed by atoms with van der Waals surface area (Å²) >= 11 is 6.17. The Morgan fingerprint density at radius 3 is 2.29 bits per heavy atom.